The molecule has 0 spiro atoms. The average Bonchev–Trinajstić information content (AvgIpc) is 3.01. The average molecular weight is 446 g/mol. The number of amides is 1. The SMILES string of the molecule is CCOC(=O)[C@@H](C)NP(=O)(OC[C@H]1OC(C)(C)O[C@H]1C(=O)NO)Oc1ccccc1. The molecule has 1 saturated heterocycles. The molecule has 1 aromatic carbocycles. The van der Waals surface area contributed by atoms with Crippen LogP contribution in [0.2, 0.25) is 0 Å². The lowest BCUT2D eigenvalue weighted by Crippen LogP contribution is -2.42. The summed E-state index contributed by atoms with van der Waals surface area (Å²) in [5, 5.41) is 11.4. The van der Waals surface area contributed by atoms with Crippen molar-refractivity contribution < 1.29 is 42.6 Å². The Labute approximate surface area is 174 Å². The minimum absolute atomic E-state index is 0.149. The van der Waals surface area contributed by atoms with Gasteiger partial charge in [0.2, 0.25) is 0 Å². The molecule has 0 bridgehead atoms. The van der Waals surface area contributed by atoms with Gasteiger partial charge < -0.3 is 18.7 Å². The van der Waals surface area contributed by atoms with Crippen molar-refractivity contribution >= 4 is 19.6 Å². The van der Waals surface area contributed by atoms with E-state index in [2.05, 4.69) is 5.09 Å². The van der Waals surface area contributed by atoms with Crippen LogP contribution >= 0.6 is 7.75 Å². The molecule has 168 valence electrons. The van der Waals surface area contributed by atoms with E-state index in [1.165, 1.54) is 12.4 Å². The number of para-hydroxylation sites is 1. The molecule has 1 fully saturated rings. The van der Waals surface area contributed by atoms with Gasteiger partial charge in [-0.05, 0) is 39.8 Å². The first-order valence-electron chi connectivity index (χ1n) is 9.32. The van der Waals surface area contributed by atoms with Crippen molar-refractivity contribution in [3.05, 3.63) is 30.3 Å². The molecule has 11 nitrogen and oxygen atoms in total. The Bertz CT molecular complexity index is 774. The van der Waals surface area contributed by atoms with Crippen molar-refractivity contribution in [2.75, 3.05) is 13.2 Å². The Balaban J connectivity index is 2.16. The van der Waals surface area contributed by atoms with Crippen molar-refractivity contribution in [3.63, 3.8) is 0 Å². The topological polar surface area (TPSA) is 142 Å². The molecule has 1 unspecified atom stereocenters. The summed E-state index contributed by atoms with van der Waals surface area (Å²) in [4.78, 5) is 23.8. The second-order valence-electron chi connectivity index (χ2n) is 6.87. The highest BCUT2D eigenvalue weighted by molar-refractivity contribution is 7.52. The molecule has 12 heteroatoms. The third-order valence-electron chi connectivity index (χ3n) is 3.92. The second-order valence-corrected chi connectivity index (χ2v) is 8.56. The van der Waals surface area contributed by atoms with Gasteiger partial charge in [-0.25, -0.2) is 10.0 Å². The first-order valence-corrected chi connectivity index (χ1v) is 10.9. The van der Waals surface area contributed by atoms with Crippen LogP contribution in [0.3, 0.4) is 0 Å². The van der Waals surface area contributed by atoms with Crippen LogP contribution in [0.5, 0.6) is 5.75 Å². The number of carbonyl (C=O) groups excluding carboxylic acids is 2. The van der Waals surface area contributed by atoms with E-state index in [1.807, 2.05) is 0 Å². The maximum absolute atomic E-state index is 13.4. The molecule has 2 rings (SSSR count). The van der Waals surface area contributed by atoms with Crippen LogP contribution in [-0.2, 0) is 32.9 Å². The molecule has 3 N–H and O–H groups in total. The number of carbonyl (C=O) groups is 2. The lowest BCUT2D eigenvalue weighted by atomic mass is 10.2. The molecule has 0 saturated carbocycles. The lowest BCUT2D eigenvalue weighted by Gasteiger charge is -2.24. The fraction of sp³-hybridized carbons (Fsp3) is 0.556. The summed E-state index contributed by atoms with van der Waals surface area (Å²) < 4.78 is 40.3. The Kier molecular flexibility index (Phi) is 8.36. The number of benzene rings is 1. The van der Waals surface area contributed by atoms with Crippen LogP contribution in [0.1, 0.15) is 27.7 Å². The lowest BCUT2D eigenvalue weighted by molar-refractivity contribution is -0.160. The highest BCUT2D eigenvalue weighted by Gasteiger charge is 2.46. The number of esters is 1. The zero-order chi connectivity index (χ0) is 22.4. The van der Waals surface area contributed by atoms with Gasteiger partial charge >= 0.3 is 13.7 Å². The third kappa shape index (κ3) is 6.76. The molecule has 0 aromatic heterocycles. The molecule has 1 aromatic rings. The van der Waals surface area contributed by atoms with Gasteiger partial charge in [-0.15, -0.1) is 0 Å². The van der Waals surface area contributed by atoms with E-state index in [4.69, 9.17) is 28.5 Å². The minimum Gasteiger partial charge on any atom is -0.465 e. The minimum atomic E-state index is -4.12. The maximum atomic E-state index is 13.4. The Morgan fingerprint density at radius 2 is 1.93 bits per heavy atom. The highest BCUT2D eigenvalue weighted by atomic mass is 31.2. The summed E-state index contributed by atoms with van der Waals surface area (Å²) >= 11 is 0. The van der Waals surface area contributed by atoms with Gasteiger partial charge in [-0.2, -0.15) is 5.09 Å². The van der Waals surface area contributed by atoms with Gasteiger partial charge in [0.25, 0.3) is 5.91 Å². The van der Waals surface area contributed by atoms with Crippen LogP contribution in [0.15, 0.2) is 30.3 Å². The molecule has 4 atom stereocenters. The monoisotopic (exact) mass is 446 g/mol. The Hall–Kier alpha value is -2.01. The van der Waals surface area contributed by atoms with Gasteiger partial charge in [-0.1, -0.05) is 18.2 Å². The molecule has 0 radical (unpaired) electrons. The van der Waals surface area contributed by atoms with Crippen molar-refractivity contribution in [1.82, 2.24) is 10.6 Å². The predicted octanol–water partition coefficient (Wildman–Crippen LogP) is 1.76. The molecule has 1 amide bonds. The van der Waals surface area contributed by atoms with E-state index in [-0.39, 0.29) is 12.4 Å². The summed E-state index contributed by atoms with van der Waals surface area (Å²) in [6, 6.07) is 7.21. The highest BCUT2D eigenvalue weighted by Crippen LogP contribution is 2.45. The van der Waals surface area contributed by atoms with Crippen molar-refractivity contribution in [1.29, 1.82) is 0 Å². The first-order chi connectivity index (χ1) is 14.1. The number of rotatable bonds is 10. The third-order valence-corrected chi connectivity index (χ3v) is 5.57. The molecular formula is C18H27N2O9P. The van der Waals surface area contributed by atoms with E-state index in [9.17, 15) is 14.2 Å². The standard InChI is InChI=1S/C18H27N2O9P/c1-5-25-17(22)12(2)20-30(24,29-13-9-7-6-8-10-13)26-11-14-15(16(21)19-23)28-18(3,4)27-14/h6-10,12,14-15,23H,5,11H2,1-4H3,(H,19,21)(H,20,24)/t12-,14-,15-,30?/m1/s1. The molecular weight excluding hydrogens is 419 g/mol. The molecule has 1 aliphatic heterocycles. The number of hydroxylamine groups is 1. The van der Waals surface area contributed by atoms with Crippen LogP contribution in [0, 0.1) is 0 Å². The van der Waals surface area contributed by atoms with Gasteiger partial charge in [0, 0.05) is 0 Å². The van der Waals surface area contributed by atoms with Crippen LogP contribution in [-0.4, -0.2) is 54.3 Å². The van der Waals surface area contributed by atoms with Gasteiger partial charge in [0.15, 0.2) is 11.9 Å². The summed E-state index contributed by atoms with van der Waals surface area (Å²) in [6.07, 6.45) is -2.21. The fourth-order valence-electron chi connectivity index (χ4n) is 2.68. The van der Waals surface area contributed by atoms with E-state index in [0.717, 1.165) is 0 Å². The quantitative estimate of drug-likeness (QED) is 0.211. The molecule has 0 aliphatic carbocycles. The van der Waals surface area contributed by atoms with Crippen molar-refractivity contribution in [2.24, 2.45) is 0 Å². The van der Waals surface area contributed by atoms with Crippen molar-refractivity contribution in [2.45, 2.75) is 51.7 Å². The van der Waals surface area contributed by atoms with E-state index < -0.39 is 50.3 Å². The largest absolute Gasteiger partial charge is 0.465 e. The number of ether oxygens (including phenoxy) is 3. The van der Waals surface area contributed by atoms with E-state index in [1.54, 1.807) is 51.1 Å². The number of nitrogens with one attached hydrogen (secondary N) is 2. The maximum Gasteiger partial charge on any atom is 0.459 e. The molecule has 30 heavy (non-hydrogen) atoms. The zero-order valence-electron chi connectivity index (χ0n) is 17.2. The molecule has 1 aliphatic rings. The van der Waals surface area contributed by atoms with Gasteiger partial charge in [0.05, 0.1) is 13.2 Å². The van der Waals surface area contributed by atoms with Crippen molar-refractivity contribution in [3.8, 4) is 5.75 Å². The number of hydrogen-bond acceptors (Lipinski definition) is 9. The van der Waals surface area contributed by atoms with E-state index in [0.29, 0.717) is 0 Å². The molecule has 1 heterocycles. The summed E-state index contributed by atoms with van der Waals surface area (Å²) in [5.41, 5.74) is 1.50. The van der Waals surface area contributed by atoms with Gasteiger partial charge in [0.1, 0.15) is 17.9 Å². The normalized spacial score (nSPS) is 23.2. The van der Waals surface area contributed by atoms with Crippen LogP contribution in [0.4, 0.5) is 0 Å². The summed E-state index contributed by atoms with van der Waals surface area (Å²) in [7, 11) is -4.12. The second kappa shape index (κ2) is 10.3. The van der Waals surface area contributed by atoms with Crippen LogP contribution < -0.4 is 15.1 Å². The summed E-state index contributed by atoms with van der Waals surface area (Å²) in [5.74, 6) is -2.39. The smallest absolute Gasteiger partial charge is 0.459 e. The number of hydrogen-bond donors (Lipinski definition) is 3. The van der Waals surface area contributed by atoms with E-state index >= 15 is 0 Å². The zero-order valence-corrected chi connectivity index (χ0v) is 18.1. The van der Waals surface area contributed by atoms with Crippen LogP contribution in [0.25, 0.3) is 0 Å². The fourth-order valence-corrected chi connectivity index (χ4v) is 4.18. The predicted molar refractivity (Wildman–Crippen MR) is 104 cm³/mol. The first kappa shape index (κ1) is 24.3. The van der Waals surface area contributed by atoms with Gasteiger partial charge in [-0.3, -0.25) is 19.3 Å². The Morgan fingerprint density at radius 1 is 1.27 bits per heavy atom. The summed E-state index contributed by atoms with van der Waals surface area (Å²) in [6.45, 7) is 6.00. The Morgan fingerprint density at radius 3 is 2.53 bits per heavy atom.